The van der Waals surface area contributed by atoms with Gasteiger partial charge in [0.15, 0.2) is 0 Å². The van der Waals surface area contributed by atoms with Crippen molar-refractivity contribution >= 4 is 21.9 Å². The third-order valence-corrected chi connectivity index (χ3v) is 2.58. The summed E-state index contributed by atoms with van der Waals surface area (Å²) in [6.07, 6.45) is 2.42. The molecule has 0 N–H and O–H groups in total. The molecule has 0 aliphatic heterocycles. The standard InChI is InChI=1S/C9H6FNO2S.Na/c10-7-5-11-4-6-2-1-3-8(9(6)7)14(12)13;/h1-5H,(H,12,13);/q;+1/p-1. The second kappa shape index (κ2) is 5.14. The average molecular weight is 233 g/mol. The molecule has 1 unspecified atom stereocenters. The minimum absolute atomic E-state index is 0. The number of hydrogen-bond donors (Lipinski definition) is 0. The molecule has 0 amide bonds. The number of rotatable bonds is 1. The molecular formula is C9H5FNNaO2S. The van der Waals surface area contributed by atoms with E-state index in [1.807, 2.05) is 0 Å². The van der Waals surface area contributed by atoms with Gasteiger partial charge in [0, 0.05) is 21.9 Å². The predicted octanol–water partition coefficient (Wildman–Crippen LogP) is -1.38. The Labute approximate surface area is 110 Å². The second-order valence-electron chi connectivity index (χ2n) is 2.71. The maximum atomic E-state index is 13.3. The van der Waals surface area contributed by atoms with Gasteiger partial charge in [-0.05, 0) is 17.1 Å². The van der Waals surface area contributed by atoms with Gasteiger partial charge < -0.3 is 4.55 Å². The Balaban J connectivity index is 0.00000112. The van der Waals surface area contributed by atoms with E-state index in [4.69, 9.17) is 0 Å². The summed E-state index contributed by atoms with van der Waals surface area (Å²) in [4.78, 5) is 3.60. The Morgan fingerprint density at radius 1 is 1.33 bits per heavy atom. The van der Waals surface area contributed by atoms with Crippen LogP contribution >= 0.6 is 0 Å². The van der Waals surface area contributed by atoms with Gasteiger partial charge in [0.2, 0.25) is 0 Å². The van der Waals surface area contributed by atoms with E-state index in [9.17, 15) is 13.2 Å². The van der Waals surface area contributed by atoms with Gasteiger partial charge in [-0.2, -0.15) is 0 Å². The van der Waals surface area contributed by atoms with Crippen LogP contribution in [0, 0.1) is 5.82 Å². The summed E-state index contributed by atoms with van der Waals surface area (Å²) in [5.74, 6) is -0.623. The molecule has 0 bridgehead atoms. The third-order valence-electron chi connectivity index (χ3n) is 1.88. The molecule has 1 heterocycles. The Morgan fingerprint density at radius 2 is 2.07 bits per heavy atom. The number of benzene rings is 1. The van der Waals surface area contributed by atoms with Gasteiger partial charge in [-0.3, -0.25) is 9.19 Å². The first-order chi connectivity index (χ1) is 6.70. The van der Waals surface area contributed by atoms with E-state index in [2.05, 4.69) is 4.98 Å². The summed E-state index contributed by atoms with van der Waals surface area (Å²) in [7, 11) is 0. The van der Waals surface area contributed by atoms with Gasteiger partial charge in [-0.25, -0.2) is 4.39 Å². The fourth-order valence-electron chi connectivity index (χ4n) is 1.30. The van der Waals surface area contributed by atoms with E-state index >= 15 is 0 Å². The van der Waals surface area contributed by atoms with E-state index in [-0.39, 0.29) is 39.8 Å². The second-order valence-corrected chi connectivity index (χ2v) is 3.62. The molecule has 1 aromatic heterocycles. The van der Waals surface area contributed by atoms with Gasteiger partial charge in [0.05, 0.1) is 6.20 Å². The fourth-order valence-corrected chi connectivity index (χ4v) is 1.87. The molecule has 0 saturated carbocycles. The first-order valence-electron chi connectivity index (χ1n) is 3.81. The topological polar surface area (TPSA) is 53.0 Å². The van der Waals surface area contributed by atoms with E-state index in [1.54, 1.807) is 12.1 Å². The van der Waals surface area contributed by atoms with Gasteiger partial charge in [0.25, 0.3) is 0 Å². The van der Waals surface area contributed by atoms with Crippen molar-refractivity contribution in [1.29, 1.82) is 0 Å². The third kappa shape index (κ3) is 2.43. The summed E-state index contributed by atoms with van der Waals surface area (Å²) in [6.45, 7) is 0. The molecule has 0 saturated heterocycles. The quantitative estimate of drug-likeness (QED) is 0.450. The van der Waals surface area contributed by atoms with Gasteiger partial charge in [-0.1, -0.05) is 12.1 Å². The minimum Gasteiger partial charge on any atom is -0.768 e. The van der Waals surface area contributed by atoms with Crippen LogP contribution in [0.5, 0.6) is 0 Å². The molecule has 6 heteroatoms. The van der Waals surface area contributed by atoms with E-state index in [1.165, 1.54) is 12.3 Å². The maximum Gasteiger partial charge on any atom is 1.00 e. The van der Waals surface area contributed by atoms with Crippen molar-refractivity contribution < 1.29 is 42.7 Å². The number of nitrogens with zero attached hydrogens (tertiary/aromatic N) is 1. The largest absolute Gasteiger partial charge is 1.00 e. The summed E-state index contributed by atoms with van der Waals surface area (Å²) >= 11 is -2.43. The van der Waals surface area contributed by atoms with Crippen LogP contribution in [0.1, 0.15) is 0 Å². The Bertz CT molecular complexity index is 515. The molecule has 0 fully saturated rings. The molecule has 1 aromatic carbocycles. The molecule has 72 valence electrons. The van der Waals surface area contributed by atoms with Gasteiger partial charge >= 0.3 is 29.6 Å². The molecule has 15 heavy (non-hydrogen) atoms. The van der Waals surface area contributed by atoms with Crippen LogP contribution in [0.4, 0.5) is 4.39 Å². The van der Waals surface area contributed by atoms with Crippen LogP contribution < -0.4 is 29.6 Å². The number of hydrogen-bond acceptors (Lipinski definition) is 3. The SMILES string of the molecule is O=S([O-])c1cccc2cncc(F)c12.[Na+]. The van der Waals surface area contributed by atoms with E-state index < -0.39 is 16.9 Å². The Hall–Kier alpha value is -0.330. The normalized spacial score (nSPS) is 12.1. The van der Waals surface area contributed by atoms with Crippen molar-refractivity contribution in [3.63, 3.8) is 0 Å². The van der Waals surface area contributed by atoms with Gasteiger partial charge in [0.1, 0.15) is 5.82 Å². The van der Waals surface area contributed by atoms with Crippen molar-refractivity contribution in [2.45, 2.75) is 4.90 Å². The number of aromatic nitrogens is 1. The van der Waals surface area contributed by atoms with Crippen LogP contribution in [-0.4, -0.2) is 13.7 Å². The summed E-state index contributed by atoms with van der Waals surface area (Å²) in [5.41, 5.74) is 0. The summed E-state index contributed by atoms with van der Waals surface area (Å²) in [6, 6.07) is 4.52. The molecule has 0 aliphatic rings. The number of halogens is 1. The zero-order valence-electron chi connectivity index (χ0n) is 7.94. The van der Waals surface area contributed by atoms with E-state index in [0.29, 0.717) is 5.39 Å². The average Bonchev–Trinajstić information content (AvgIpc) is 2.17. The monoisotopic (exact) mass is 233 g/mol. The molecule has 1 atom stereocenters. The molecule has 0 radical (unpaired) electrons. The molecule has 3 nitrogen and oxygen atoms in total. The Kier molecular flexibility index (Phi) is 4.36. The van der Waals surface area contributed by atoms with E-state index in [0.717, 1.165) is 6.20 Å². The predicted molar refractivity (Wildman–Crippen MR) is 48.9 cm³/mol. The van der Waals surface area contributed by atoms with Crippen molar-refractivity contribution in [3.8, 4) is 0 Å². The maximum absolute atomic E-state index is 13.3. The van der Waals surface area contributed by atoms with Crippen LogP contribution in [0.2, 0.25) is 0 Å². The number of pyridine rings is 1. The van der Waals surface area contributed by atoms with Crippen LogP contribution in [-0.2, 0) is 11.1 Å². The molecule has 2 rings (SSSR count). The van der Waals surface area contributed by atoms with Crippen molar-refractivity contribution in [2.24, 2.45) is 0 Å². The van der Waals surface area contributed by atoms with Crippen LogP contribution in [0.15, 0.2) is 35.5 Å². The minimum atomic E-state index is -2.43. The van der Waals surface area contributed by atoms with Crippen molar-refractivity contribution in [1.82, 2.24) is 4.98 Å². The molecule has 0 spiro atoms. The number of fused-ring (bicyclic) bond motifs is 1. The summed E-state index contributed by atoms with van der Waals surface area (Å²) in [5, 5.41) is 0.572. The summed E-state index contributed by atoms with van der Waals surface area (Å²) < 4.78 is 34.8. The first kappa shape index (κ1) is 12.7. The fraction of sp³-hybridized carbons (Fsp3) is 0. The first-order valence-corrected chi connectivity index (χ1v) is 4.89. The van der Waals surface area contributed by atoms with Crippen molar-refractivity contribution in [3.05, 3.63) is 36.4 Å². The van der Waals surface area contributed by atoms with Crippen molar-refractivity contribution in [2.75, 3.05) is 0 Å². The smallest absolute Gasteiger partial charge is 0.768 e. The molecular weight excluding hydrogens is 228 g/mol. The zero-order chi connectivity index (χ0) is 10.1. The molecule has 0 aliphatic carbocycles. The van der Waals surface area contributed by atoms with Gasteiger partial charge in [-0.15, -0.1) is 0 Å². The Morgan fingerprint density at radius 3 is 2.73 bits per heavy atom. The van der Waals surface area contributed by atoms with Crippen LogP contribution in [0.25, 0.3) is 10.8 Å². The van der Waals surface area contributed by atoms with Crippen LogP contribution in [0.3, 0.4) is 0 Å². The molecule has 2 aromatic rings. The zero-order valence-corrected chi connectivity index (χ0v) is 10.8.